The first-order valence-corrected chi connectivity index (χ1v) is 9.24. The van der Waals surface area contributed by atoms with Gasteiger partial charge in [-0.3, -0.25) is 4.79 Å². The maximum absolute atomic E-state index is 12.3. The number of rotatable bonds is 7. The van der Waals surface area contributed by atoms with Gasteiger partial charge in [-0.1, -0.05) is 32.9 Å². The lowest BCUT2D eigenvalue weighted by Crippen LogP contribution is -2.40. The van der Waals surface area contributed by atoms with Gasteiger partial charge in [-0.05, 0) is 31.0 Å². The van der Waals surface area contributed by atoms with Crippen LogP contribution < -0.4 is 4.18 Å². The predicted octanol–water partition coefficient (Wildman–Crippen LogP) is 2.81. The van der Waals surface area contributed by atoms with Crippen LogP contribution in [0.1, 0.15) is 39.7 Å². The van der Waals surface area contributed by atoms with Gasteiger partial charge < -0.3 is 9.08 Å². The summed E-state index contributed by atoms with van der Waals surface area (Å²) >= 11 is 0. The molecule has 0 N–H and O–H groups in total. The van der Waals surface area contributed by atoms with Gasteiger partial charge in [0.1, 0.15) is 5.75 Å². The summed E-state index contributed by atoms with van der Waals surface area (Å²) < 4.78 is 27.0. The second-order valence-corrected chi connectivity index (χ2v) is 7.38. The van der Waals surface area contributed by atoms with Crippen molar-refractivity contribution in [3.05, 3.63) is 29.8 Å². The summed E-state index contributed by atoms with van der Waals surface area (Å²) in [5, 5.41) is 0. The molecule has 0 aliphatic rings. The third-order valence-corrected chi connectivity index (χ3v) is 3.92. The summed E-state index contributed by atoms with van der Waals surface area (Å²) in [6.45, 7) is 8.36. The number of nitrogens with zero attached hydrogens (tertiary/aromatic N) is 1. The Morgan fingerprint density at radius 1 is 1.18 bits per heavy atom. The van der Waals surface area contributed by atoms with Gasteiger partial charge in [0.05, 0.1) is 6.26 Å². The minimum absolute atomic E-state index is 0.0539. The van der Waals surface area contributed by atoms with Gasteiger partial charge in [0.15, 0.2) is 0 Å². The molecule has 0 aliphatic heterocycles. The van der Waals surface area contributed by atoms with Crippen LogP contribution in [-0.4, -0.2) is 31.5 Å². The van der Waals surface area contributed by atoms with E-state index in [0.717, 1.165) is 18.2 Å². The minimum atomic E-state index is -3.52. The fourth-order valence-corrected chi connectivity index (χ4v) is 2.49. The van der Waals surface area contributed by atoms with E-state index >= 15 is 0 Å². The summed E-state index contributed by atoms with van der Waals surface area (Å²) in [4.78, 5) is 14.2. The van der Waals surface area contributed by atoms with E-state index in [1.54, 1.807) is 24.3 Å². The summed E-state index contributed by atoms with van der Waals surface area (Å²) in [6.07, 6.45) is 1.89. The zero-order valence-electron chi connectivity index (χ0n) is 13.9. The number of carbonyl (C=O) groups excluding carboxylic acids is 1. The average Bonchev–Trinajstić information content (AvgIpc) is 2.43. The minimum Gasteiger partial charge on any atom is -0.383 e. The molecular weight excluding hydrogens is 302 g/mol. The zero-order chi connectivity index (χ0) is 16.9. The fourth-order valence-electron chi connectivity index (χ4n) is 2.02. The number of hydrogen-bond donors (Lipinski definition) is 0. The first kappa shape index (κ1) is 18.5. The van der Waals surface area contributed by atoms with Gasteiger partial charge in [0.25, 0.3) is 0 Å². The van der Waals surface area contributed by atoms with Gasteiger partial charge in [0.2, 0.25) is 5.91 Å². The Hall–Kier alpha value is -1.56. The van der Waals surface area contributed by atoms with E-state index in [4.69, 9.17) is 4.18 Å². The molecule has 0 aliphatic carbocycles. The van der Waals surface area contributed by atoms with Gasteiger partial charge in [-0.25, -0.2) is 0 Å². The van der Waals surface area contributed by atoms with Crippen LogP contribution in [0.4, 0.5) is 0 Å². The van der Waals surface area contributed by atoms with Crippen molar-refractivity contribution in [2.24, 2.45) is 5.92 Å². The van der Waals surface area contributed by atoms with Crippen LogP contribution in [0.15, 0.2) is 24.3 Å². The highest BCUT2D eigenvalue weighted by Gasteiger charge is 2.21. The molecule has 124 valence electrons. The molecule has 0 saturated carbocycles. The van der Waals surface area contributed by atoms with Gasteiger partial charge in [-0.15, -0.1) is 0 Å². The lowest BCUT2D eigenvalue weighted by molar-refractivity contribution is -0.137. The molecule has 0 fully saturated rings. The van der Waals surface area contributed by atoms with E-state index < -0.39 is 10.1 Å². The van der Waals surface area contributed by atoms with Crippen LogP contribution in [0.25, 0.3) is 0 Å². The lowest BCUT2D eigenvalue weighted by atomic mass is 10.1. The van der Waals surface area contributed by atoms with Gasteiger partial charge in [-0.2, -0.15) is 8.42 Å². The van der Waals surface area contributed by atoms with Crippen molar-refractivity contribution in [3.8, 4) is 5.75 Å². The summed E-state index contributed by atoms with van der Waals surface area (Å²) in [7, 11) is -3.52. The van der Waals surface area contributed by atoms with E-state index in [-0.39, 0.29) is 23.6 Å². The standard InChI is InChI=1S/C16H25NO4S/c1-6-13(4)17(16(18)12(2)3)11-14-7-9-15(10-8-14)21-22(5,19)20/h7-10,12-13H,6,11H2,1-5H3. The van der Waals surface area contributed by atoms with Gasteiger partial charge >= 0.3 is 10.1 Å². The van der Waals surface area contributed by atoms with Crippen molar-refractivity contribution >= 4 is 16.0 Å². The van der Waals surface area contributed by atoms with Crippen molar-refractivity contribution in [1.29, 1.82) is 0 Å². The molecule has 0 radical (unpaired) electrons. The molecule has 1 aromatic rings. The highest BCUT2D eigenvalue weighted by Crippen LogP contribution is 2.18. The Balaban J connectivity index is 2.88. The maximum Gasteiger partial charge on any atom is 0.306 e. The van der Waals surface area contributed by atoms with Crippen molar-refractivity contribution in [1.82, 2.24) is 4.90 Å². The fraction of sp³-hybridized carbons (Fsp3) is 0.562. The molecule has 1 atom stereocenters. The van der Waals surface area contributed by atoms with Crippen molar-refractivity contribution in [2.45, 2.75) is 46.7 Å². The molecule has 0 heterocycles. The molecule has 1 amide bonds. The van der Waals surface area contributed by atoms with Crippen molar-refractivity contribution < 1.29 is 17.4 Å². The molecule has 6 heteroatoms. The van der Waals surface area contributed by atoms with E-state index in [2.05, 4.69) is 0 Å². The molecular formula is C16H25NO4S. The van der Waals surface area contributed by atoms with Crippen molar-refractivity contribution in [3.63, 3.8) is 0 Å². The first-order valence-electron chi connectivity index (χ1n) is 7.43. The topological polar surface area (TPSA) is 63.7 Å². The molecule has 0 spiro atoms. The van der Waals surface area contributed by atoms with Crippen LogP contribution >= 0.6 is 0 Å². The van der Waals surface area contributed by atoms with Crippen LogP contribution in [0.2, 0.25) is 0 Å². The zero-order valence-corrected chi connectivity index (χ0v) is 14.7. The normalized spacial score (nSPS) is 13.0. The summed E-state index contributed by atoms with van der Waals surface area (Å²) in [6, 6.07) is 6.92. The molecule has 5 nitrogen and oxygen atoms in total. The quantitative estimate of drug-likeness (QED) is 0.722. The third kappa shape index (κ3) is 5.67. The number of amides is 1. The number of hydrogen-bond acceptors (Lipinski definition) is 4. The van der Waals surface area contributed by atoms with E-state index in [0.29, 0.717) is 6.54 Å². The highest BCUT2D eigenvalue weighted by atomic mass is 32.2. The molecule has 1 unspecified atom stereocenters. The van der Waals surface area contributed by atoms with Crippen LogP contribution in [-0.2, 0) is 21.5 Å². The Morgan fingerprint density at radius 3 is 2.14 bits per heavy atom. The molecule has 1 aromatic carbocycles. The molecule has 0 aromatic heterocycles. The first-order chi connectivity index (χ1) is 10.1. The Bertz CT molecular complexity index is 593. The van der Waals surface area contributed by atoms with E-state index in [1.807, 2.05) is 32.6 Å². The summed E-state index contributed by atoms with van der Waals surface area (Å²) in [5.41, 5.74) is 0.940. The second-order valence-electron chi connectivity index (χ2n) is 5.81. The van der Waals surface area contributed by atoms with Crippen LogP contribution in [0.5, 0.6) is 5.75 Å². The largest absolute Gasteiger partial charge is 0.383 e. The Kier molecular flexibility index (Phi) is 6.41. The highest BCUT2D eigenvalue weighted by molar-refractivity contribution is 7.86. The summed E-state index contributed by atoms with van der Waals surface area (Å²) in [5.74, 6) is 0.337. The van der Waals surface area contributed by atoms with E-state index in [1.165, 1.54) is 0 Å². The smallest absolute Gasteiger partial charge is 0.306 e. The predicted molar refractivity (Wildman–Crippen MR) is 87.1 cm³/mol. The SMILES string of the molecule is CCC(C)N(Cc1ccc(OS(C)(=O)=O)cc1)C(=O)C(C)C. The van der Waals surface area contributed by atoms with Crippen LogP contribution in [0, 0.1) is 5.92 Å². The average molecular weight is 327 g/mol. The number of carbonyl (C=O) groups is 1. The molecule has 1 rings (SSSR count). The van der Waals surface area contributed by atoms with Crippen LogP contribution in [0.3, 0.4) is 0 Å². The third-order valence-electron chi connectivity index (χ3n) is 3.42. The Morgan fingerprint density at radius 2 is 1.73 bits per heavy atom. The second kappa shape index (κ2) is 7.63. The van der Waals surface area contributed by atoms with Crippen molar-refractivity contribution in [2.75, 3.05) is 6.26 Å². The lowest BCUT2D eigenvalue weighted by Gasteiger charge is -2.30. The Labute approximate surface area is 133 Å². The molecule has 0 bridgehead atoms. The monoisotopic (exact) mass is 327 g/mol. The molecule has 0 saturated heterocycles. The molecule has 22 heavy (non-hydrogen) atoms. The van der Waals surface area contributed by atoms with E-state index in [9.17, 15) is 13.2 Å². The number of benzene rings is 1. The van der Waals surface area contributed by atoms with Gasteiger partial charge in [0, 0.05) is 18.5 Å². The maximum atomic E-state index is 12.3.